The van der Waals surface area contributed by atoms with Crippen LogP contribution in [-0.4, -0.2) is 22.8 Å². The standard InChI is InChI=1S/C23H23N3O2/c1-13-6-5-7-17-12-20(15(3)24-22(13)17)23(28)25-19-8-9-21-18(11-19)10-14(2)26(21)16(4)27/h5-9,11-12,14H,10H2,1-4H3,(H,25,28)/t14-/m0/s1. The summed E-state index contributed by atoms with van der Waals surface area (Å²) < 4.78 is 0. The predicted octanol–water partition coefficient (Wildman–Crippen LogP) is 4.40. The summed E-state index contributed by atoms with van der Waals surface area (Å²) in [6.45, 7) is 7.49. The number of benzene rings is 2. The van der Waals surface area contributed by atoms with Gasteiger partial charge in [-0.1, -0.05) is 18.2 Å². The number of carbonyl (C=O) groups is 2. The highest BCUT2D eigenvalue weighted by Gasteiger charge is 2.29. The summed E-state index contributed by atoms with van der Waals surface area (Å²) in [6.07, 6.45) is 0.786. The van der Waals surface area contributed by atoms with E-state index in [0.29, 0.717) is 11.3 Å². The first-order valence-corrected chi connectivity index (χ1v) is 9.46. The molecular formula is C23H23N3O2. The zero-order valence-corrected chi connectivity index (χ0v) is 16.5. The first-order valence-electron chi connectivity index (χ1n) is 9.46. The van der Waals surface area contributed by atoms with Crippen molar-refractivity contribution in [2.45, 2.75) is 40.2 Å². The molecule has 0 saturated heterocycles. The summed E-state index contributed by atoms with van der Waals surface area (Å²) in [7, 11) is 0. The van der Waals surface area contributed by atoms with E-state index in [9.17, 15) is 9.59 Å². The molecule has 0 fully saturated rings. The summed E-state index contributed by atoms with van der Waals surface area (Å²) in [4.78, 5) is 31.2. The van der Waals surface area contributed by atoms with Gasteiger partial charge in [-0.2, -0.15) is 0 Å². The number of fused-ring (bicyclic) bond motifs is 2. The zero-order valence-electron chi connectivity index (χ0n) is 16.5. The van der Waals surface area contributed by atoms with Gasteiger partial charge in [-0.15, -0.1) is 0 Å². The maximum Gasteiger partial charge on any atom is 0.257 e. The molecule has 5 heteroatoms. The maximum atomic E-state index is 12.9. The highest BCUT2D eigenvalue weighted by molar-refractivity contribution is 6.07. The van der Waals surface area contributed by atoms with Crippen LogP contribution in [0.25, 0.3) is 10.9 Å². The molecule has 0 spiro atoms. The molecule has 1 aromatic heterocycles. The monoisotopic (exact) mass is 373 g/mol. The molecule has 2 heterocycles. The summed E-state index contributed by atoms with van der Waals surface area (Å²) in [5, 5.41) is 3.94. The third-order valence-electron chi connectivity index (χ3n) is 5.37. The Morgan fingerprint density at radius 1 is 1.14 bits per heavy atom. The number of anilines is 2. The van der Waals surface area contributed by atoms with E-state index in [1.54, 1.807) is 11.8 Å². The summed E-state index contributed by atoms with van der Waals surface area (Å²) in [5.41, 5.74) is 6.02. The lowest BCUT2D eigenvalue weighted by Gasteiger charge is -2.20. The van der Waals surface area contributed by atoms with Crippen molar-refractivity contribution >= 4 is 34.1 Å². The summed E-state index contributed by atoms with van der Waals surface area (Å²) in [5.74, 6) is -0.140. The average Bonchev–Trinajstić information content (AvgIpc) is 2.97. The quantitative estimate of drug-likeness (QED) is 0.724. The average molecular weight is 373 g/mol. The largest absolute Gasteiger partial charge is 0.322 e. The van der Waals surface area contributed by atoms with Crippen LogP contribution in [0, 0.1) is 13.8 Å². The fraction of sp³-hybridized carbons (Fsp3) is 0.261. The van der Waals surface area contributed by atoms with Gasteiger partial charge in [0.05, 0.1) is 16.8 Å². The van der Waals surface area contributed by atoms with Crippen LogP contribution in [0.4, 0.5) is 11.4 Å². The smallest absolute Gasteiger partial charge is 0.257 e. The topological polar surface area (TPSA) is 62.3 Å². The van der Waals surface area contributed by atoms with Crippen molar-refractivity contribution in [1.82, 2.24) is 4.98 Å². The number of nitrogens with one attached hydrogen (secondary N) is 1. The number of rotatable bonds is 2. The van der Waals surface area contributed by atoms with Crippen LogP contribution >= 0.6 is 0 Å². The second-order valence-corrected chi connectivity index (χ2v) is 7.51. The van der Waals surface area contributed by atoms with Crippen molar-refractivity contribution < 1.29 is 9.59 Å². The van der Waals surface area contributed by atoms with Crippen molar-refractivity contribution in [3.63, 3.8) is 0 Å². The van der Waals surface area contributed by atoms with E-state index >= 15 is 0 Å². The number of carbonyl (C=O) groups excluding carboxylic acids is 2. The lowest BCUT2D eigenvalue weighted by molar-refractivity contribution is -0.116. The zero-order chi connectivity index (χ0) is 20.0. The van der Waals surface area contributed by atoms with Gasteiger partial charge in [-0.25, -0.2) is 0 Å². The molecule has 1 aliphatic heterocycles. The molecule has 0 radical (unpaired) electrons. The van der Waals surface area contributed by atoms with E-state index in [-0.39, 0.29) is 17.9 Å². The van der Waals surface area contributed by atoms with E-state index in [1.165, 1.54) is 0 Å². The molecule has 0 unspecified atom stereocenters. The van der Waals surface area contributed by atoms with Gasteiger partial charge in [0.25, 0.3) is 5.91 Å². The van der Waals surface area contributed by atoms with Crippen LogP contribution in [0.1, 0.15) is 41.0 Å². The van der Waals surface area contributed by atoms with Crippen LogP contribution in [0.5, 0.6) is 0 Å². The Kier molecular flexibility index (Phi) is 4.38. The summed E-state index contributed by atoms with van der Waals surface area (Å²) >= 11 is 0. The molecule has 1 aliphatic rings. The molecule has 142 valence electrons. The maximum absolute atomic E-state index is 12.9. The number of amides is 2. The first-order chi connectivity index (χ1) is 13.3. The first kappa shape index (κ1) is 18.2. The van der Waals surface area contributed by atoms with Crippen LogP contribution in [0.15, 0.2) is 42.5 Å². The molecule has 3 aromatic rings. The van der Waals surface area contributed by atoms with E-state index in [2.05, 4.69) is 10.3 Å². The van der Waals surface area contributed by atoms with E-state index < -0.39 is 0 Å². The minimum Gasteiger partial charge on any atom is -0.322 e. The van der Waals surface area contributed by atoms with Gasteiger partial charge in [0.15, 0.2) is 0 Å². The number of aromatic nitrogens is 1. The number of hydrogen-bond acceptors (Lipinski definition) is 3. The highest BCUT2D eigenvalue weighted by atomic mass is 16.2. The normalized spacial score (nSPS) is 15.6. The Morgan fingerprint density at radius 2 is 1.93 bits per heavy atom. The van der Waals surface area contributed by atoms with Crippen LogP contribution in [0.3, 0.4) is 0 Å². The van der Waals surface area contributed by atoms with Crippen LogP contribution in [-0.2, 0) is 11.2 Å². The van der Waals surface area contributed by atoms with Gasteiger partial charge in [-0.3, -0.25) is 14.6 Å². The van der Waals surface area contributed by atoms with Crippen LogP contribution < -0.4 is 10.2 Å². The molecule has 4 rings (SSSR count). The Balaban J connectivity index is 1.63. The number of para-hydroxylation sites is 1. The van der Waals surface area contributed by atoms with Gasteiger partial charge in [0.1, 0.15) is 0 Å². The van der Waals surface area contributed by atoms with Crippen molar-refractivity contribution in [1.29, 1.82) is 0 Å². The molecule has 0 saturated carbocycles. The third kappa shape index (κ3) is 3.03. The van der Waals surface area contributed by atoms with Crippen molar-refractivity contribution in [3.8, 4) is 0 Å². The van der Waals surface area contributed by atoms with Crippen LogP contribution in [0.2, 0.25) is 0 Å². The number of hydrogen-bond donors (Lipinski definition) is 1. The fourth-order valence-electron chi connectivity index (χ4n) is 4.06. The van der Waals surface area contributed by atoms with Gasteiger partial charge >= 0.3 is 0 Å². The van der Waals surface area contributed by atoms with Crippen molar-refractivity contribution in [2.75, 3.05) is 10.2 Å². The molecule has 5 nitrogen and oxygen atoms in total. The number of pyridine rings is 1. The molecule has 2 aromatic carbocycles. The van der Waals surface area contributed by atoms with E-state index in [0.717, 1.165) is 39.8 Å². The number of aryl methyl sites for hydroxylation is 2. The third-order valence-corrected chi connectivity index (χ3v) is 5.37. The molecule has 28 heavy (non-hydrogen) atoms. The van der Waals surface area contributed by atoms with E-state index in [4.69, 9.17) is 0 Å². The van der Waals surface area contributed by atoms with E-state index in [1.807, 2.05) is 63.2 Å². The predicted molar refractivity (Wildman–Crippen MR) is 112 cm³/mol. The highest BCUT2D eigenvalue weighted by Crippen LogP contribution is 2.34. The molecular weight excluding hydrogens is 350 g/mol. The molecule has 1 atom stereocenters. The van der Waals surface area contributed by atoms with Crippen molar-refractivity contribution in [2.24, 2.45) is 0 Å². The Morgan fingerprint density at radius 3 is 2.68 bits per heavy atom. The second-order valence-electron chi connectivity index (χ2n) is 7.51. The minimum atomic E-state index is -0.178. The SMILES string of the molecule is CC(=O)N1c2ccc(NC(=O)c3cc4cccc(C)c4nc3C)cc2C[C@@H]1C. The second kappa shape index (κ2) is 6.75. The lowest BCUT2D eigenvalue weighted by atomic mass is 10.1. The molecule has 2 amide bonds. The fourth-order valence-corrected chi connectivity index (χ4v) is 4.06. The molecule has 1 N–H and O–H groups in total. The van der Waals surface area contributed by atoms with Gasteiger partial charge < -0.3 is 10.2 Å². The van der Waals surface area contributed by atoms with Gasteiger partial charge in [0.2, 0.25) is 5.91 Å². The lowest BCUT2D eigenvalue weighted by Crippen LogP contribution is -2.33. The molecule has 0 aliphatic carbocycles. The number of nitrogens with zero attached hydrogens (tertiary/aromatic N) is 2. The van der Waals surface area contributed by atoms with Gasteiger partial charge in [0, 0.05) is 29.7 Å². The summed E-state index contributed by atoms with van der Waals surface area (Å²) in [6, 6.07) is 13.7. The Labute approximate surface area is 164 Å². The molecule has 0 bridgehead atoms. The Hall–Kier alpha value is -3.21. The van der Waals surface area contributed by atoms with Crippen molar-refractivity contribution in [3.05, 3.63) is 64.8 Å². The Bertz CT molecular complexity index is 1120. The van der Waals surface area contributed by atoms with Gasteiger partial charge in [-0.05, 0) is 62.6 Å². The minimum absolute atomic E-state index is 0.0381.